The first-order valence-electron chi connectivity index (χ1n) is 8.86. The second-order valence-corrected chi connectivity index (χ2v) is 6.61. The molecule has 0 amide bonds. The van der Waals surface area contributed by atoms with Crippen molar-refractivity contribution in [1.29, 1.82) is 0 Å². The van der Waals surface area contributed by atoms with Crippen LogP contribution in [-0.2, 0) is 6.54 Å². The lowest BCUT2D eigenvalue weighted by Crippen LogP contribution is -2.05. The molecule has 4 rings (SSSR count). The monoisotopic (exact) mass is 387 g/mol. The summed E-state index contributed by atoms with van der Waals surface area (Å²) in [5.74, 6) is 1.25. The summed E-state index contributed by atoms with van der Waals surface area (Å²) in [5, 5.41) is 7.30. The zero-order chi connectivity index (χ0) is 19.2. The summed E-state index contributed by atoms with van der Waals surface area (Å²) in [5.41, 5.74) is 3.86. The summed E-state index contributed by atoms with van der Waals surface area (Å²) >= 11 is 5.97. The van der Waals surface area contributed by atoms with Gasteiger partial charge in [-0.2, -0.15) is 4.98 Å². The molecule has 2 heterocycles. The van der Waals surface area contributed by atoms with Gasteiger partial charge in [-0.1, -0.05) is 41.9 Å². The van der Waals surface area contributed by atoms with Crippen LogP contribution < -0.4 is 10.6 Å². The number of hydrogen-bond acceptors (Lipinski definition) is 5. The molecule has 2 N–H and O–H groups in total. The van der Waals surface area contributed by atoms with Gasteiger partial charge in [-0.3, -0.25) is 4.98 Å². The normalized spacial score (nSPS) is 10.5. The molecule has 0 saturated heterocycles. The number of benzene rings is 2. The molecule has 0 fully saturated rings. The van der Waals surface area contributed by atoms with E-state index >= 15 is 0 Å². The molecule has 6 heteroatoms. The molecular formula is C22H18ClN5. The van der Waals surface area contributed by atoms with Crippen molar-refractivity contribution in [3.63, 3.8) is 0 Å². The Labute approximate surface area is 168 Å². The molecule has 0 bridgehead atoms. The standard InChI is InChI=1S/C22H18ClN5/c23-18-6-8-19(9-7-18)26-22-27-20(17-4-2-1-3-5-17)14-21(28-22)25-15-16-10-12-24-13-11-16/h1-14H,15H2,(H2,25,26,27,28). The third kappa shape index (κ3) is 4.64. The molecule has 2 aromatic carbocycles. The minimum atomic E-state index is 0.515. The van der Waals surface area contributed by atoms with Crippen molar-refractivity contribution in [3.8, 4) is 11.3 Å². The molecule has 5 nitrogen and oxygen atoms in total. The van der Waals surface area contributed by atoms with Gasteiger partial charge in [-0.15, -0.1) is 0 Å². The van der Waals surface area contributed by atoms with E-state index in [1.165, 1.54) is 0 Å². The van der Waals surface area contributed by atoms with Gasteiger partial charge >= 0.3 is 0 Å². The highest BCUT2D eigenvalue weighted by atomic mass is 35.5. The SMILES string of the molecule is Clc1ccc(Nc2nc(NCc3ccncc3)cc(-c3ccccc3)n2)cc1. The number of rotatable bonds is 6. The average Bonchev–Trinajstić information content (AvgIpc) is 2.75. The van der Waals surface area contributed by atoms with Crippen LogP contribution in [0.3, 0.4) is 0 Å². The molecule has 28 heavy (non-hydrogen) atoms. The molecule has 0 radical (unpaired) electrons. The Morgan fingerprint density at radius 1 is 0.821 bits per heavy atom. The predicted octanol–water partition coefficient (Wildman–Crippen LogP) is 5.55. The van der Waals surface area contributed by atoms with Gasteiger partial charge in [0.15, 0.2) is 0 Å². The zero-order valence-corrected chi connectivity index (χ0v) is 15.8. The van der Waals surface area contributed by atoms with E-state index in [0.29, 0.717) is 17.5 Å². The number of anilines is 3. The quantitative estimate of drug-likeness (QED) is 0.454. The van der Waals surface area contributed by atoms with Crippen molar-refractivity contribution in [2.45, 2.75) is 6.54 Å². The third-order valence-electron chi connectivity index (χ3n) is 4.12. The highest BCUT2D eigenvalue weighted by molar-refractivity contribution is 6.30. The zero-order valence-electron chi connectivity index (χ0n) is 15.0. The van der Waals surface area contributed by atoms with Gasteiger partial charge in [-0.05, 0) is 42.0 Å². The summed E-state index contributed by atoms with van der Waals surface area (Å²) in [6, 6.07) is 23.4. The minimum absolute atomic E-state index is 0.515. The largest absolute Gasteiger partial charge is 0.366 e. The lowest BCUT2D eigenvalue weighted by molar-refractivity contribution is 1.08. The fourth-order valence-corrected chi connectivity index (χ4v) is 2.83. The summed E-state index contributed by atoms with van der Waals surface area (Å²) in [6.07, 6.45) is 3.56. The van der Waals surface area contributed by atoms with Crippen LogP contribution in [0.2, 0.25) is 5.02 Å². The van der Waals surface area contributed by atoms with Crippen molar-refractivity contribution in [1.82, 2.24) is 15.0 Å². The van der Waals surface area contributed by atoms with Crippen molar-refractivity contribution in [2.75, 3.05) is 10.6 Å². The van der Waals surface area contributed by atoms with Crippen LogP contribution in [0.25, 0.3) is 11.3 Å². The number of aromatic nitrogens is 3. The number of nitrogens with one attached hydrogen (secondary N) is 2. The van der Waals surface area contributed by atoms with E-state index < -0.39 is 0 Å². The van der Waals surface area contributed by atoms with Crippen molar-refractivity contribution in [3.05, 3.63) is 95.8 Å². The Morgan fingerprint density at radius 3 is 2.32 bits per heavy atom. The molecule has 0 aliphatic heterocycles. The molecule has 4 aromatic rings. The minimum Gasteiger partial charge on any atom is -0.366 e. The number of halogens is 1. The number of nitrogens with zero attached hydrogens (tertiary/aromatic N) is 3. The Morgan fingerprint density at radius 2 is 1.57 bits per heavy atom. The van der Waals surface area contributed by atoms with Crippen LogP contribution in [-0.4, -0.2) is 15.0 Å². The van der Waals surface area contributed by atoms with Gasteiger partial charge in [0.05, 0.1) is 5.69 Å². The lowest BCUT2D eigenvalue weighted by atomic mass is 10.1. The second kappa shape index (κ2) is 8.50. The average molecular weight is 388 g/mol. The Kier molecular flexibility index (Phi) is 5.45. The molecule has 2 aromatic heterocycles. The van der Waals surface area contributed by atoms with E-state index in [2.05, 4.69) is 25.6 Å². The topological polar surface area (TPSA) is 62.7 Å². The molecule has 0 saturated carbocycles. The van der Waals surface area contributed by atoms with Gasteiger partial charge in [0.1, 0.15) is 5.82 Å². The number of hydrogen-bond donors (Lipinski definition) is 2. The summed E-state index contributed by atoms with van der Waals surface area (Å²) in [4.78, 5) is 13.3. The van der Waals surface area contributed by atoms with E-state index in [9.17, 15) is 0 Å². The molecule has 0 aliphatic rings. The van der Waals surface area contributed by atoms with E-state index in [4.69, 9.17) is 11.6 Å². The van der Waals surface area contributed by atoms with Gasteiger partial charge < -0.3 is 10.6 Å². The van der Waals surface area contributed by atoms with E-state index in [1.54, 1.807) is 12.4 Å². The molecule has 0 aliphatic carbocycles. The molecule has 0 spiro atoms. The van der Waals surface area contributed by atoms with E-state index in [-0.39, 0.29) is 0 Å². The molecule has 0 unspecified atom stereocenters. The Hall–Kier alpha value is -3.44. The Balaban J connectivity index is 1.63. The summed E-state index contributed by atoms with van der Waals surface area (Å²) in [7, 11) is 0. The lowest BCUT2D eigenvalue weighted by Gasteiger charge is -2.12. The summed E-state index contributed by atoms with van der Waals surface area (Å²) < 4.78 is 0. The van der Waals surface area contributed by atoms with Gasteiger partial charge in [0.25, 0.3) is 0 Å². The van der Waals surface area contributed by atoms with E-state index in [0.717, 1.165) is 28.3 Å². The smallest absolute Gasteiger partial charge is 0.229 e. The van der Waals surface area contributed by atoms with Crippen LogP contribution in [0.1, 0.15) is 5.56 Å². The first kappa shape index (κ1) is 17.9. The fraction of sp³-hybridized carbons (Fsp3) is 0.0455. The van der Waals surface area contributed by atoms with Gasteiger partial charge in [0.2, 0.25) is 5.95 Å². The maximum atomic E-state index is 5.97. The van der Waals surface area contributed by atoms with Crippen LogP contribution in [0.4, 0.5) is 17.5 Å². The molecule has 0 atom stereocenters. The van der Waals surface area contributed by atoms with Crippen molar-refractivity contribution >= 4 is 29.1 Å². The van der Waals surface area contributed by atoms with Crippen LogP contribution >= 0.6 is 11.6 Å². The molecular weight excluding hydrogens is 370 g/mol. The second-order valence-electron chi connectivity index (χ2n) is 6.17. The van der Waals surface area contributed by atoms with Crippen LogP contribution in [0.15, 0.2) is 85.2 Å². The predicted molar refractivity (Wildman–Crippen MR) is 114 cm³/mol. The van der Waals surface area contributed by atoms with Gasteiger partial charge in [0, 0.05) is 41.3 Å². The van der Waals surface area contributed by atoms with Crippen LogP contribution in [0.5, 0.6) is 0 Å². The maximum absolute atomic E-state index is 5.97. The third-order valence-corrected chi connectivity index (χ3v) is 4.37. The molecule has 138 valence electrons. The first-order valence-corrected chi connectivity index (χ1v) is 9.24. The highest BCUT2D eigenvalue weighted by Gasteiger charge is 2.07. The van der Waals surface area contributed by atoms with Gasteiger partial charge in [-0.25, -0.2) is 4.98 Å². The number of pyridine rings is 1. The first-order chi connectivity index (χ1) is 13.8. The fourth-order valence-electron chi connectivity index (χ4n) is 2.71. The highest BCUT2D eigenvalue weighted by Crippen LogP contribution is 2.24. The summed E-state index contributed by atoms with van der Waals surface area (Å²) in [6.45, 7) is 0.647. The maximum Gasteiger partial charge on any atom is 0.229 e. The van der Waals surface area contributed by atoms with Crippen molar-refractivity contribution in [2.24, 2.45) is 0 Å². The van der Waals surface area contributed by atoms with E-state index in [1.807, 2.05) is 72.8 Å². The Bertz CT molecular complexity index is 1040. The van der Waals surface area contributed by atoms with Crippen molar-refractivity contribution < 1.29 is 0 Å². The van der Waals surface area contributed by atoms with Crippen LogP contribution in [0, 0.1) is 0 Å².